The number of anilines is 2. The minimum Gasteiger partial charge on any atom is -0.338 e. The average molecular weight is 450 g/mol. The van der Waals surface area contributed by atoms with E-state index in [1.807, 2.05) is 0 Å². The van der Waals surface area contributed by atoms with Crippen LogP contribution in [0.1, 0.15) is 99.8 Å². The third-order valence-electron chi connectivity index (χ3n) is 9.10. The van der Waals surface area contributed by atoms with E-state index in [0.29, 0.717) is 12.0 Å². The first-order valence-corrected chi connectivity index (χ1v) is 13.8. The Kier molecular flexibility index (Phi) is 5.55. The molecule has 1 heterocycles. The van der Waals surface area contributed by atoms with Gasteiger partial charge in [0.15, 0.2) is 0 Å². The second kappa shape index (κ2) is 8.59. The molecular weight excluding hydrogens is 410 g/mol. The summed E-state index contributed by atoms with van der Waals surface area (Å²) in [5.74, 6) is 0.699. The van der Waals surface area contributed by atoms with Crippen LogP contribution in [-0.2, 0) is 5.41 Å². The zero-order valence-electron chi connectivity index (χ0n) is 21.2. The number of nitrogens with zero attached hydrogens (tertiary/aromatic N) is 1. The van der Waals surface area contributed by atoms with Gasteiger partial charge in [-0.05, 0) is 78.6 Å². The Morgan fingerprint density at radius 2 is 1.59 bits per heavy atom. The van der Waals surface area contributed by atoms with Gasteiger partial charge in [0, 0.05) is 28.7 Å². The summed E-state index contributed by atoms with van der Waals surface area (Å²) in [5.41, 5.74) is 12.2. The third-order valence-corrected chi connectivity index (χ3v) is 9.10. The Labute approximate surface area is 206 Å². The maximum absolute atomic E-state index is 2.72. The maximum atomic E-state index is 2.72. The Bertz CT molecular complexity index is 1200. The summed E-state index contributed by atoms with van der Waals surface area (Å²) in [6.45, 7) is 6.93. The smallest absolute Gasteiger partial charge is 0.0449 e. The van der Waals surface area contributed by atoms with E-state index in [1.54, 1.807) is 16.7 Å². The number of hydrogen-bond donors (Lipinski definition) is 0. The number of hydrogen-bond acceptors (Lipinski definition) is 1. The van der Waals surface area contributed by atoms with Crippen LogP contribution in [0.4, 0.5) is 11.4 Å². The second-order valence-electron chi connectivity index (χ2n) is 11.1. The van der Waals surface area contributed by atoms with Crippen molar-refractivity contribution in [3.8, 4) is 11.1 Å². The predicted octanol–water partition coefficient (Wildman–Crippen LogP) is 9.43. The van der Waals surface area contributed by atoms with E-state index < -0.39 is 0 Å². The van der Waals surface area contributed by atoms with Gasteiger partial charge in [-0.15, -0.1) is 0 Å². The summed E-state index contributed by atoms with van der Waals surface area (Å²) < 4.78 is 0. The SMILES string of the molecule is CCCCC1(CCCC)c2ccccc2-c2ccc(N3c4ccc(C)cc4C4CCCC43)cc21. The standard InChI is InChI=1S/C33H39N/c1-4-6-19-33(20-7-5-2)29-13-9-8-11-25(29)26-17-16-24(22-30(26)33)34-31-14-10-12-27(31)28-21-23(3)15-18-32(28)34/h8-9,11,13,15-18,21-22,27,31H,4-7,10,12,14,19-20H2,1-3H3. The molecule has 0 saturated heterocycles. The van der Waals surface area contributed by atoms with Crippen molar-refractivity contribution in [3.05, 3.63) is 82.9 Å². The van der Waals surface area contributed by atoms with Gasteiger partial charge in [-0.25, -0.2) is 0 Å². The molecule has 2 unspecified atom stereocenters. The highest BCUT2D eigenvalue weighted by Gasteiger charge is 2.45. The van der Waals surface area contributed by atoms with Gasteiger partial charge in [-0.3, -0.25) is 0 Å². The lowest BCUT2D eigenvalue weighted by molar-refractivity contribution is 0.414. The van der Waals surface area contributed by atoms with Crippen molar-refractivity contribution in [1.29, 1.82) is 0 Å². The largest absolute Gasteiger partial charge is 0.338 e. The minimum atomic E-state index is 0.166. The van der Waals surface area contributed by atoms with E-state index in [1.165, 1.54) is 85.9 Å². The molecule has 1 aliphatic heterocycles. The van der Waals surface area contributed by atoms with E-state index in [2.05, 4.69) is 86.3 Å². The summed E-state index contributed by atoms with van der Waals surface area (Å²) in [4.78, 5) is 2.72. The molecule has 0 amide bonds. The van der Waals surface area contributed by atoms with Crippen LogP contribution in [0.5, 0.6) is 0 Å². The molecule has 0 radical (unpaired) electrons. The molecule has 2 atom stereocenters. The average Bonchev–Trinajstić information content (AvgIpc) is 3.52. The van der Waals surface area contributed by atoms with Crippen LogP contribution in [0.25, 0.3) is 11.1 Å². The molecule has 176 valence electrons. The number of rotatable bonds is 7. The molecular formula is C33H39N. The van der Waals surface area contributed by atoms with Crippen molar-refractivity contribution in [3.63, 3.8) is 0 Å². The van der Waals surface area contributed by atoms with Crippen LogP contribution in [0.3, 0.4) is 0 Å². The number of aryl methyl sites for hydroxylation is 1. The summed E-state index contributed by atoms with van der Waals surface area (Å²) >= 11 is 0. The molecule has 2 aliphatic carbocycles. The van der Waals surface area contributed by atoms with Crippen molar-refractivity contribution in [2.75, 3.05) is 4.90 Å². The molecule has 1 saturated carbocycles. The Hall–Kier alpha value is -2.54. The summed E-state index contributed by atoms with van der Waals surface area (Å²) in [6.07, 6.45) is 11.6. The first kappa shape index (κ1) is 22.0. The Morgan fingerprint density at radius 3 is 2.38 bits per heavy atom. The molecule has 3 aliphatic rings. The molecule has 34 heavy (non-hydrogen) atoms. The lowest BCUT2D eigenvalue weighted by Gasteiger charge is -2.34. The van der Waals surface area contributed by atoms with Gasteiger partial charge in [0.2, 0.25) is 0 Å². The second-order valence-corrected chi connectivity index (χ2v) is 11.1. The fourth-order valence-electron chi connectivity index (χ4n) is 7.53. The van der Waals surface area contributed by atoms with E-state index >= 15 is 0 Å². The van der Waals surface area contributed by atoms with Crippen molar-refractivity contribution >= 4 is 11.4 Å². The maximum Gasteiger partial charge on any atom is 0.0449 e. The first-order chi connectivity index (χ1) is 16.7. The van der Waals surface area contributed by atoms with Gasteiger partial charge in [0.05, 0.1) is 0 Å². The van der Waals surface area contributed by atoms with Gasteiger partial charge >= 0.3 is 0 Å². The molecule has 0 aromatic heterocycles. The Balaban J connectivity index is 1.51. The summed E-state index contributed by atoms with van der Waals surface area (Å²) in [6, 6.07) is 24.6. The van der Waals surface area contributed by atoms with E-state index in [-0.39, 0.29) is 5.41 Å². The normalized spacial score (nSPS) is 21.3. The molecule has 3 aromatic rings. The lowest BCUT2D eigenvalue weighted by Crippen LogP contribution is -2.28. The van der Waals surface area contributed by atoms with Crippen LogP contribution in [0.15, 0.2) is 60.7 Å². The Morgan fingerprint density at radius 1 is 0.824 bits per heavy atom. The fourth-order valence-corrected chi connectivity index (χ4v) is 7.53. The predicted molar refractivity (Wildman–Crippen MR) is 145 cm³/mol. The lowest BCUT2D eigenvalue weighted by atomic mass is 9.71. The topological polar surface area (TPSA) is 3.24 Å². The van der Waals surface area contributed by atoms with E-state index in [4.69, 9.17) is 0 Å². The zero-order chi connectivity index (χ0) is 23.3. The van der Waals surface area contributed by atoms with Crippen molar-refractivity contribution in [2.45, 2.75) is 95.9 Å². The van der Waals surface area contributed by atoms with Gasteiger partial charge in [-0.2, -0.15) is 0 Å². The van der Waals surface area contributed by atoms with Crippen molar-refractivity contribution in [1.82, 2.24) is 0 Å². The molecule has 1 fully saturated rings. The number of benzene rings is 3. The zero-order valence-corrected chi connectivity index (χ0v) is 21.2. The monoisotopic (exact) mass is 449 g/mol. The summed E-state index contributed by atoms with van der Waals surface area (Å²) in [5, 5.41) is 0. The minimum absolute atomic E-state index is 0.166. The first-order valence-electron chi connectivity index (χ1n) is 13.8. The molecule has 0 N–H and O–H groups in total. The molecule has 0 bridgehead atoms. The molecule has 0 spiro atoms. The van der Waals surface area contributed by atoms with Crippen molar-refractivity contribution < 1.29 is 0 Å². The van der Waals surface area contributed by atoms with Gasteiger partial charge in [0.25, 0.3) is 0 Å². The summed E-state index contributed by atoms with van der Waals surface area (Å²) in [7, 11) is 0. The van der Waals surface area contributed by atoms with E-state index in [9.17, 15) is 0 Å². The fraction of sp³-hybridized carbons (Fsp3) is 0.455. The molecule has 6 rings (SSSR count). The van der Waals surface area contributed by atoms with Gasteiger partial charge in [-0.1, -0.05) is 94.0 Å². The third kappa shape index (κ3) is 3.19. The van der Waals surface area contributed by atoms with Crippen LogP contribution in [0.2, 0.25) is 0 Å². The molecule has 1 nitrogen and oxygen atoms in total. The van der Waals surface area contributed by atoms with Crippen LogP contribution >= 0.6 is 0 Å². The molecule has 1 heteroatoms. The highest BCUT2D eigenvalue weighted by Crippen LogP contribution is 2.57. The quantitative estimate of drug-likeness (QED) is 0.347. The van der Waals surface area contributed by atoms with Crippen LogP contribution < -0.4 is 4.90 Å². The van der Waals surface area contributed by atoms with Crippen molar-refractivity contribution in [2.24, 2.45) is 0 Å². The number of fused-ring (bicyclic) bond motifs is 6. The highest BCUT2D eigenvalue weighted by molar-refractivity contribution is 5.84. The highest BCUT2D eigenvalue weighted by atomic mass is 15.2. The van der Waals surface area contributed by atoms with Crippen LogP contribution in [0, 0.1) is 6.92 Å². The van der Waals surface area contributed by atoms with Gasteiger partial charge in [0.1, 0.15) is 0 Å². The molecule has 3 aromatic carbocycles. The van der Waals surface area contributed by atoms with Gasteiger partial charge < -0.3 is 4.90 Å². The van der Waals surface area contributed by atoms with Crippen LogP contribution in [-0.4, -0.2) is 6.04 Å². The van der Waals surface area contributed by atoms with E-state index in [0.717, 1.165) is 0 Å². The number of unbranched alkanes of at least 4 members (excludes halogenated alkanes) is 2.